The monoisotopic (exact) mass is 377 g/mol. The number of hydrogen-bond donors (Lipinski definition) is 0. The molecule has 6 heteroatoms. The summed E-state index contributed by atoms with van der Waals surface area (Å²) in [4.78, 5) is 3.63. The highest BCUT2D eigenvalue weighted by Crippen LogP contribution is 2.29. The van der Waals surface area contributed by atoms with Crippen LogP contribution >= 0.6 is 12.2 Å². The van der Waals surface area contributed by atoms with Crippen LogP contribution in [0, 0.1) is 5.92 Å². The first-order chi connectivity index (χ1) is 12.7. The van der Waals surface area contributed by atoms with E-state index in [1.54, 1.807) is 0 Å². The summed E-state index contributed by atoms with van der Waals surface area (Å²) in [5.41, 5.74) is 0. The maximum Gasteiger partial charge on any atom is 0.151 e. The van der Waals surface area contributed by atoms with Crippen molar-refractivity contribution in [1.82, 2.24) is 25.1 Å². The largest absolute Gasteiger partial charge is 0.363 e. The first kappa shape index (κ1) is 19.7. The van der Waals surface area contributed by atoms with Gasteiger partial charge in [-0.1, -0.05) is 38.4 Å². The van der Waals surface area contributed by atoms with Gasteiger partial charge in [0.25, 0.3) is 0 Å². The lowest BCUT2D eigenvalue weighted by Crippen LogP contribution is -2.41. The fourth-order valence-corrected chi connectivity index (χ4v) is 5.14. The van der Waals surface area contributed by atoms with Crippen LogP contribution in [0.2, 0.25) is 0 Å². The molecule has 26 heavy (non-hydrogen) atoms. The van der Waals surface area contributed by atoms with Gasteiger partial charge in [0.15, 0.2) is 5.82 Å². The van der Waals surface area contributed by atoms with Crippen molar-refractivity contribution in [1.29, 1.82) is 0 Å². The van der Waals surface area contributed by atoms with Crippen LogP contribution in [-0.2, 0) is 6.42 Å². The van der Waals surface area contributed by atoms with Gasteiger partial charge in [0.2, 0.25) is 0 Å². The Morgan fingerprint density at radius 2 is 1.85 bits per heavy atom. The van der Waals surface area contributed by atoms with Crippen molar-refractivity contribution in [2.24, 2.45) is 5.92 Å². The molecule has 0 N–H and O–H groups in total. The normalized spacial score (nSPS) is 24.5. The predicted molar refractivity (Wildman–Crippen MR) is 109 cm³/mol. The predicted octanol–water partition coefficient (Wildman–Crippen LogP) is 4.73. The molecular formula is C20H35N5S. The van der Waals surface area contributed by atoms with Gasteiger partial charge in [-0.25, -0.2) is 4.68 Å². The van der Waals surface area contributed by atoms with Crippen LogP contribution < -0.4 is 0 Å². The average Bonchev–Trinajstić information content (AvgIpc) is 3.13. The number of aryl methyl sites for hydroxylation is 1. The second kappa shape index (κ2) is 9.77. The molecule has 2 saturated carbocycles. The van der Waals surface area contributed by atoms with Crippen LogP contribution in [0.1, 0.15) is 96.3 Å². The van der Waals surface area contributed by atoms with Gasteiger partial charge in [-0.15, -0.1) is 5.10 Å². The van der Waals surface area contributed by atoms with E-state index in [0.717, 1.165) is 42.5 Å². The van der Waals surface area contributed by atoms with E-state index in [4.69, 9.17) is 12.2 Å². The van der Waals surface area contributed by atoms with Crippen molar-refractivity contribution >= 4 is 17.2 Å². The topological polar surface area (TPSA) is 46.8 Å². The fraction of sp³-hybridized carbons (Fsp3) is 0.900. The summed E-state index contributed by atoms with van der Waals surface area (Å²) in [5, 5.41) is 12.5. The molecule has 2 aliphatic carbocycles. The van der Waals surface area contributed by atoms with E-state index in [9.17, 15) is 0 Å². The summed E-state index contributed by atoms with van der Waals surface area (Å²) >= 11 is 5.81. The molecule has 0 radical (unpaired) electrons. The Labute approximate surface area is 163 Å². The summed E-state index contributed by atoms with van der Waals surface area (Å²) < 4.78 is 2.10. The van der Waals surface area contributed by atoms with Gasteiger partial charge in [-0.2, -0.15) is 0 Å². The lowest BCUT2D eigenvalue weighted by atomic mass is 9.86. The van der Waals surface area contributed by atoms with E-state index in [1.807, 2.05) is 0 Å². The summed E-state index contributed by atoms with van der Waals surface area (Å²) in [6, 6.07) is 1.17. The van der Waals surface area contributed by atoms with Crippen LogP contribution in [0.5, 0.6) is 0 Å². The van der Waals surface area contributed by atoms with Gasteiger partial charge in [0.1, 0.15) is 0 Å². The van der Waals surface area contributed by atoms with Gasteiger partial charge < -0.3 is 4.90 Å². The highest BCUT2D eigenvalue weighted by Gasteiger charge is 2.25. The molecule has 2 aliphatic rings. The first-order valence-corrected chi connectivity index (χ1v) is 11.2. The molecule has 0 saturated heterocycles. The quantitative estimate of drug-likeness (QED) is 0.643. The standard InChI is InChI=1S/C20H35N5S/c1-3-24(17-14-12-16(2)13-15-17)20(26)11-7-10-19-21-22-23-25(19)18-8-5-4-6-9-18/h16-18H,3-15H2,1-2H3. The number of aromatic nitrogens is 4. The van der Waals surface area contributed by atoms with Crippen LogP contribution in [0.15, 0.2) is 0 Å². The third-order valence-electron chi connectivity index (χ3n) is 6.36. The van der Waals surface area contributed by atoms with E-state index in [2.05, 4.69) is 39.0 Å². The highest BCUT2D eigenvalue weighted by atomic mass is 32.1. The molecule has 0 amide bonds. The lowest BCUT2D eigenvalue weighted by Gasteiger charge is -2.37. The van der Waals surface area contributed by atoms with Crippen LogP contribution in [0.3, 0.4) is 0 Å². The molecule has 0 aromatic carbocycles. The second-order valence-electron chi connectivity index (χ2n) is 8.28. The minimum Gasteiger partial charge on any atom is -0.363 e. The zero-order valence-corrected chi connectivity index (χ0v) is 17.4. The van der Waals surface area contributed by atoms with Gasteiger partial charge in [0.05, 0.1) is 11.0 Å². The Kier molecular flexibility index (Phi) is 7.41. The van der Waals surface area contributed by atoms with E-state index in [-0.39, 0.29) is 0 Å². The molecule has 1 aromatic rings. The van der Waals surface area contributed by atoms with Gasteiger partial charge in [-0.05, 0) is 74.6 Å². The molecule has 146 valence electrons. The maximum absolute atomic E-state index is 5.81. The fourth-order valence-electron chi connectivity index (χ4n) is 4.72. The molecule has 1 aromatic heterocycles. The Balaban J connectivity index is 1.48. The van der Waals surface area contributed by atoms with Crippen molar-refractivity contribution in [2.75, 3.05) is 6.54 Å². The summed E-state index contributed by atoms with van der Waals surface area (Å²) in [6.07, 6.45) is 14.7. The number of nitrogens with zero attached hydrogens (tertiary/aromatic N) is 5. The highest BCUT2D eigenvalue weighted by molar-refractivity contribution is 7.80. The molecule has 5 nitrogen and oxygen atoms in total. The van der Waals surface area contributed by atoms with Crippen molar-refractivity contribution in [3.63, 3.8) is 0 Å². The number of thiocarbonyl (C=S) groups is 1. The molecule has 2 fully saturated rings. The van der Waals surface area contributed by atoms with Crippen molar-refractivity contribution in [3.05, 3.63) is 5.82 Å². The molecule has 3 rings (SSSR count). The van der Waals surface area contributed by atoms with Crippen molar-refractivity contribution in [3.8, 4) is 0 Å². The third-order valence-corrected chi connectivity index (χ3v) is 6.80. The zero-order chi connectivity index (χ0) is 18.4. The Morgan fingerprint density at radius 1 is 1.12 bits per heavy atom. The summed E-state index contributed by atoms with van der Waals surface area (Å²) in [6.45, 7) is 5.66. The molecule has 0 spiro atoms. The van der Waals surface area contributed by atoms with Crippen LogP contribution in [-0.4, -0.2) is 42.7 Å². The molecular weight excluding hydrogens is 342 g/mol. The van der Waals surface area contributed by atoms with E-state index < -0.39 is 0 Å². The summed E-state index contributed by atoms with van der Waals surface area (Å²) in [7, 11) is 0. The molecule has 0 atom stereocenters. The Morgan fingerprint density at radius 3 is 2.54 bits per heavy atom. The molecule has 0 bridgehead atoms. The minimum absolute atomic E-state index is 0.511. The van der Waals surface area contributed by atoms with Gasteiger partial charge in [0, 0.05) is 19.0 Å². The van der Waals surface area contributed by atoms with E-state index in [0.29, 0.717) is 12.1 Å². The van der Waals surface area contributed by atoms with Crippen molar-refractivity contribution < 1.29 is 0 Å². The number of tetrazole rings is 1. The van der Waals surface area contributed by atoms with Crippen LogP contribution in [0.25, 0.3) is 0 Å². The number of hydrogen-bond acceptors (Lipinski definition) is 4. The molecule has 1 heterocycles. The average molecular weight is 378 g/mol. The lowest BCUT2D eigenvalue weighted by molar-refractivity contribution is 0.219. The van der Waals surface area contributed by atoms with Crippen LogP contribution in [0.4, 0.5) is 0 Å². The smallest absolute Gasteiger partial charge is 0.151 e. The second-order valence-corrected chi connectivity index (χ2v) is 8.75. The number of rotatable bonds is 7. The van der Waals surface area contributed by atoms with Gasteiger partial charge in [-0.3, -0.25) is 0 Å². The Hall–Kier alpha value is -1.04. The Bertz CT molecular complexity index is 558. The third kappa shape index (κ3) is 5.02. The van der Waals surface area contributed by atoms with Gasteiger partial charge >= 0.3 is 0 Å². The minimum atomic E-state index is 0.511. The van der Waals surface area contributed by atoms with Crippen molar-refractivity contribution in [2.45, 2.75) is 103 Å². The van der Waals surface area contributed by atoms with E-state index >= 15 is 0 Å². The first-order valence-electron chi connectivity index (χ1n) is 10.7. The van der Waals surface area contributed by atoms with E-state index in [1.165, 1.54) is 57.8 Å². The molecule has 0 unspecified atom stereocenters. The zero-order valence-electron chi connectivity index (χ0n) is 16.6. The SMILES string of the molecule is CCN(C(=S)CCCc1nnnn1C1CCCCC1)C1CCC(C)CC1. The maximum atomic E-state index is 5.81. The molecule has 0 aliphatic heterocycles. The summed E-state index contributed by atoms with van der Waals surface area (Å²) in [5.74, 6) is 1.94.